The van der Waals surface area contributed by atoms with E-state index in [-0.39, 0.29) is 5.75 Å². The Kier molecular flexibility index (Phi) is 3.05. The molecule has 0 aliphatic carbocycles. The molecule has 0 spiro atoms. The molecular formula is C8H4F4OS. The Morgan fingerprint density at radius 3 is 2.07 bits per heavy atom. The summed E-state index contributed by atoms with van der Waals surface area (Å²) in [5.41, 5.74) is 0. The van der Waals surface area contributed by atoms with Gasteiger partial charge in [-0.25, -0.2) is 4.39 Å². The third-order valence-electron chi connectivity index (χ3n) is 1.26. The average Bonchev–Trinajstić information content (AvgIpc) is 2.07. The van der Waals surface area contributed by atoms with E-state index >= 15 is 0 Å². The molecule has 0 saturated carbocycles. The van der Waals surface area contributed by atoms with Gasteiger partial charge in [0.05, 0.1) is 0 Å². The van der Waals surface area contributed by atoms with Gasteiger partial charge in [0, 0.05) is 0 Å². The SMILES string of the molecule is Fc1ccc(OC(=S)C(F)(F)F)cc1. The van der Waals surface area contributed by atoms with Crippen molar-refractivity contribution in [1.82, 2.24) is 0 Å². The van der Waals surface area contributed by atoms with Crippen LogP contribution in [0.5, 0.6) is 5.75 Å². The summed E-state index contributed by atoms with van der Waals surface area (Å²) in [5.74, 6) is -0.705. The van der Waals surface area contributed by atoms with Gasteiger partial charge in [-0.2, -0.15) is 13.2 Å². The van der Waals surface area contributed by atoms with Gasteiger partial charge in [0.25, 0.3) is 5.05 Å². The van der Waals surface area contributed by atoms with E-state index < -0.39 is 17.0 Å². The third-order valence-corrected chi connectivity index (χ3v) is 1.57. The van der Waals surface area contributed by atoms with E-state index in [1.54, 1.807) is 0 Å². The van der Waals surface area contributed by atoms with Crippen LogP contribution in [0.25, 0.3) is 0 Å². The van der Waals surface area contributed by atoms with Crippen LogP contribution in [0.3, 0.4) is 0 Å². The first-order valence-corrected chi connectivity index (χ1v) is 3.85. The molecule has 76 valence electrons. The monoisotopic (exact) mass is 224 g/mol. The normalized spacial score (nSPS) is 11.1. The summed E-state index contributed by atoms with van der Waals surface area (Å²) in [7, 11) is 0. The predicted octanol–water partition coefficient (Wildman–Crippen LogP) is 3.09. The van der Waals surface area contributed by atoms with Crippen molar-refractivity contribution >= 4 is 17.3 Å². The van der Waals surface area contributed by atoms with E-state index in [9.17, 15) is 17.6 Å². The van der Waals surface area contributed by atoms with Crippen molar-refractivity contribution in [1.29, 1.82) is 0 Å². The summed E-state index contributed by atoms with van der Waals surface area (Å²) >= 11 is 3.97. The van der Waals surface area contributed by atoms with Gasteiger partial charge >= 0.3 is 6.18 Å². The van der Waals surface area contributed by atoms with Crippen LogP contribution in [-0.4, -0.2) is 11.2 Å². The lowest BCUT2D eigenvalue weighted by Gasteiger charge is -2.09. The molecule has 0 aliphatic rings. The van der Waals surface area contributed by atoms with E-state index in [4.69, 9.17) is 0 Å². The average molecular weight is 224 g/mol. The highest BCUT2D eigenvalue weighted by molar-refractivity contribution is 7.80. The summed E-state index contributed by atoms with van der Waals surface area (Å²) in [6.07, 6.45) is -4.68. The Labute approximate surface area is 82.3 Å². The van der Waals surface area contributed by atoms with Crippen molar-refractivity contribution < 1.29 is 22.3 Å². The second-order valence-electron chi connectivity index (χ2n) is 2.34. The van der Waals surface area contributed by atoms with E-state index in [0.29, 0.717) is 0 Å². The highest BCUT2D eigenvalue weighted by atomic mass is 32.1. The summed E-state index contributed by atoms with van der Waals surface area (Å²) in [6.45, 7) is 0. The molecule has 14 heavy (non-hydrogen) atoms. The zero-order valence-electron chi connectivity index (χ0n) is 6.64. The van der Waals surface area contributed by atoms with Crippen molar-refractivity contribution in [2.45, 2.75) is 6.18 Å². The minimum atomic E-state index is -4.68. The molecule has 0 N–H and O–H groups in total. The maximum atomic E-state index is 12.3. The van der Waals surface area contributed by atoms with Gasteiger partial charge in [0.1, 0.15) is 11.6 Å². The van der Waals surface area contributed by atoms with Crippen LogP contribution < -0.4 is 4.74 Å². The number of benzene rings is 1. The Balaban J connectivity index is 2.71. The molecule has 0 saturated heterocycles. The number of ether oxygens (including phenoxy) is 1. The van der Waals surface area contributed by atoms with Gasteiger partial charge < -0.3 is 4.74 Å². The van der Waals surface area contributed by atoms with Crippen LogP contribution >= 0.6 is 12.2 Å². The Bertz CT molecular complexity index is 330. The first-order chi connectivity index (χ1) is 6.39. The fourth-order valence-corrected chi connectivity index (χ4v) is 0.764. The van der Waals surface area contributed by atoms with Crippen LogP contribution in [0.1, 0.15) is 0 Å². The minimum Gasteiger partial charge on any atom is -0.442 e. The van der Waals surface area contributed by atoms with Crippen molar-refractivity contribution in [3.05, 3.63) is 30.1 Å². The lowest BCUT2D eigenvalue weighted by atomic mass is 10.3. The van der Waals surface area contributed by atoms with Gasteiger partial charge in [-0.3, -0.25) is 0 Å². The van der Waals surface area contributed by atoms with Crippen molar-refractivity contribution in [3.63, 3.8) is 0 Å². The minimum absolute atomic E-state index is 0.145. The summed E-state index contributed by atoms with van der Waals surface area (Å²) in [4.78, 5) is 0. The lowest BCUT2D eigenvalue weighted by Crippen LogP contribution is -2.25. The first kappa shape index (κ1) is 10.9. The summed E-state index contributed by atoms with van der Waals surface area (Å²) in [5, 5.41) is -1.50. The van der Waals surface area contributed by atoms with Crippen LogP contribution in [0.2, 0.25) is 0 Å². The molecular weight excluding hydrogens is 220 g/mol. The van der Waals surface area contributed by atoms with E-state index in [1.165, 1.54) is 0 Å². The topological polar surface area (TPSA) is 9.23 Å². The number of alkyl halides is 3. The highest BCUT2D eigenvalue weighted by Crippen LogP contribution is 2.21. The van der Waals surface area contributed by atoms with Gasteiger partial charge in [-0.05, 0) is 36.5 Å². The van der Waals surface area contributed by atoms with Gasteiger partial charge in [-0.1, -0.05) is 0 Å². The van der Waals surface area contributed by atoms with Crippen LogP contribution in [0.15, 0.2) is 24.3 Å². The molecule has 1 rings (SSSR count). The molecule has 0 amide bonds. The smallest absolute Gasteiger partial charge is 0.442 e. The molecule has 0 fully saturated rings. The number of thiocarbonyl (C=S) groups is 1. The molecule has 0 aliphatic heterocycles. The number of hydrogen-bond acceptors (Lipinski definition) is 2. The maximum absolute atomic E-state index is 12.3. The number of rotatable bonds is 1. The molecule has 0 heterocycles. The Morgan fingerprint density at radius 1 is 1.14 bits per heavy atom. The van der Waals surface area contributed by atoms with Crippen molar-refractivity contribution in [2.75, 3.05) is 0 Å². The lowest BCUT2D eigenvalue weighted by molar-refractivity contribution is -0.0676. The number of hydrogen-bond donors (Lipinski definition) is 0. The molecule has 0 unspecified atom stereocenters. The molecule has 0 aromatic heterocycles. The van der Waals surface area contributed by atoms with Gasteiger partial charge in [0.15, 0.2) is 0 Å². The first-order valence-electron chi connectivity index (χ1n) is 3.44. The molecule has 0 bridgehead atoms. The van der Waals surface area contributed by atoms with Crippen LogP contribution in [-0.2, 0) is 0 Å². The third kappa shape index (κ3) is 2.95. The van der Waals surface area contributed by atoms with E-state index in [2.05, 4.69) is 17.0 Å². The van der Waals surface area contributed by atoms with E-state index in [1.807, 2.05) is 0 Å². The van der Waals surface area contributed by atoms with Gasteiger partial charge in [0.2, 0.25) is 0 Å². The molecule has 1 aromatic rings. The summed E-state index contributed by atoms with van der Waals surface area (Å²) < 4.78 is 52.2. The molecule has 1 aromatic carbocycles. The molecule has 1 nitrogen and oxygen atoms in total. The van der Waals surface area contributed by atoms with E-state index in [0.717, 1.165) is 24.3 Å². The molecule has 0 atom stereocenters. The highest BCUT2D eigenvalue weighted by Gasteiger charge is 2.36. The Hall–Kier alpha value is -1.17. The van der Waals surface area contributed by atoms with Gasteiger partial charge in [-0.15, -0.1) is 0 Å². The second kappa shape index (κ2) is 3.91. The number of halogens is 4. The fourth-order valence-electron chi connectivity index (χ4n) is 0.668. The Morgan fingerprint density at radius 2 is 1.64 bits per heavy atom. The standard InChI is InChI=1S/C8H4F4OS/c9-5-1-3-6(4-2-5)13-7(14)8(10,11)12/h1-4H. The van der Waals surface area contributed by atoms with Crippen LogP contribution in [0.4, 0.5) is 17.6 Å². The zero-order chi connectivity index (χ0) is 10.8. The maximum Gasteiger partial charge on any atom is 0.460 e. The predicted molar refractivity (Wildman–Crippen MR) is 45.7 cm³/mol. The molecule has 6 heteroatoms. The molecule has 0 radical (unpaired) electrons. The fraction of sp³-hybridized carbons (Fsp3) is 0.125. The van der Waals surface area contributed by atoms with Crippen molar-refractivity contribution in [3.8, 4) is 5.75 Å². The quantitative estimate of drug-likeness (QED) is 0.535. The second-order valence-corrected chi connectivity index (χ2v) is 2.71. The van der Waals surface area contributed by atoms with Crippen molar-refractivity contribution in [2.24, 2.45) is 0 Å². The largest absolute Gasteiger partial charge is 0.460 e. The summed E-state index contributed by atoms with van der Waals surface area (Å²) in [6, 6.07) is 4.09. The van der Waals surface area contributed by atoms with Crippen LogP contribution in [0, 0.1) is 5.82 Å². The zero-order valence-corrected chi connectivity index (χ0v) is 7.45.